The first-order valence-electron chi connectivity index (χ1n) is 13.7. The fraction of sp³-hybridized carbons (Fsp3) is 0.278. The molecule has 0 amide bonds. The number of furan rings is 2. The molecule has 0 atom stereocenters. The summed E-state index contributed by atoms with van der Waals surface area (Å²) < 4.78 is 12.9. The molecule has 2 heteroatoms. The van der Waals surface area contributed by atoms with Crippen LogP contribution in [0.5, 0.6) is 0 Å². The summed E-state index contributed by atoms with van der Waals surface area (Å²) in [4.78, 5) is 0. The molecule has 0 aliphatic heterocycles. The Bertz CT molecular complexity index is 1880. The van der Waals surface area contributed by atoms with E-state index in [0.29, 0.717) is 0 Å². The molecule has 0 aliphatic rings. The minimum Gasteiger partial charge on any atom is -0.456 e. The highest BCUT2D eigenvalue weighted by molar-refractivity contribution is 6.18. The summed E-state index contributed by atoms with van der Waals surface area (Å²) in [6.07, 6.45) is 2.11. The molecule has 38 heavy (non-hydrogen) atoms. The third-order valence-corrected chi connectivity index (χ3v) is 7.58. The molecular weight excluding hydrogens is 464 g/mol. The van der Waals surface area contributed by atoms with E-state index < -0.39 is 0 Å². The van der Waals surface area contributed by atoms with Crippen LogP contribution in [0.3, 0.4) is 0 Å². The first-order valence-corrected chi connectivity index (χ1v) is 13.7. The summed E-state index contributed by atoms with van der Waals surface area (Å²) in [7, 11) is 0. The van der Waals surface area contributed by atoms with Crippen molar-refractivity contribution >= 4 is 65.4 Å². The van der Waals surface area contributed by atoms with E-state index in [1.165, 1.54) is 32.7 Å². The van der Waals surface area contributed by atoms with Crippen molar-refractivity contribution in [3.63, 3.8) is 0 Å². The highest BCUT2D eigenvalue weighted by Gasteiger charge is 2.17. The van der Waals surface area contributed by atoms with Crippen molar-refractivity contribution in [2.24, 2.45) is 10.8 Å². The Kier molecular flexibility index (Phi) is 4.83. The molecule has 2 aromatic heterocycles. The summed E-state index contributed by atoms with van der Waals surface area (Å²) in [5.41, 5.74) is 6.90. The lowest BCUT2D eigenvalue weighted by molar-refractivity contribution is 0.411. The average molecular weight is 499 g/mol. The zero-order chi connectivity index (χ0) is 26.4. The van der Waals surface area contributed by atoms with Gasteiger partial charge in [-0.05, 0) is 92.7 Å². The number of fused-ring (bicyclic) bond motifs is 8. The van der Waals surface area contributed by atoms with E-state index in [4.69, 9.17) is 8.83 Å². The summed E-state index contributed by atoms with van der Waals surface area (Å²) in [5, 5.41) is 9.40. The van der Waals surface area contributed by atoms with E-state index in [1.807, 2.05) is 0 Å². The zero-order valence-electron chi connectivity index (χ0n) is 23.2. The third-order valence-electron chi connectivity index (χ3n) is 7.58. The van der Waals surface area contributed by atoms with Crippen LogP contribution < -0.4 is 0 Å². The average Bonchev–Trinajstić information content (AvgIpc) is 3.33. The summed E-state index contributed by atoms with van der Waals surface area (Å²) in [6.45, 7) is 13.7. The van der Waals surface area contributed by atoms with Gasteiger partial charge in [-0.1, -0.05) is 77.9 Å². The minimum atomic E-state index is 0.258. The standard InChI is InChI=1S/C36H34O2/c1-35(2,3)19-21-7-9-23-13-27-29-17-34-30(18-33(29)37-31(27)15-25(23)11-21)28-14-24-10-8-22(20-36(4,5)6)12-26(24)16-32(28)38-34/h7-18H,19-20H2,1-6H3. The van der Waals surface area contributed by atoms with Gasteiger partial charge in [-0.25, -0.2) is 0 Å². The van der Waals surface area contributed by atoms with Crippen LogP contribution in [0.25, 0.3) is 65.4 Å². The molecule has 0 bridgehead atoms. The molecule has 0 aliphatic carbocycles. The summed E-state index contributed by atoms with van der Waals surface area (Å²) in [5.74, 6) is 0. The SMILES string of the molecule is CC(C)(C)Cc1ccc2cc3c(cc2c1)oc1cc2c(cc13)oc1cc3cc(CC(C)(C)C)ccc3cc12. The Morgan fingerprint density at radius 1 is 0.421 bits per heavy atom. The van der Waals surface area contributed by atoms with Crippen molar-refractivity contribution in [1.29, 1.82) is 0 Å². The van der Waals surface area contributed by atoms with E-state index in [9.17, 15) is 0 Å². The van der Waals surface area contributed by atoms with Gasteiger partial charge in [0.1, 0.15) is 22.3 Å². The van der Waals surface area contributed by atoms with Gasteiger partial charge in [-0.2, -0.15) is 0 Å². The van der Waals surface area contributed by atoms with Gasteiger partial charge in [0.15, 0.2) is 0 Å². The molecule has 0 spiro atoms. The molecule has 7 aromatic rings. The molecule has 190 valence electrons. The fourth-order valence-electron chi connectivity index (χ4n) is 6.07. The van der Waals surface area contributed by atoms with Gasteiger partial charge in [0.25, 0.3) is 0 Å². The van der Waals surface area contributed by atoms with Gasteiger partial charge in [0.2, 0.25) is 0 Å². The lowest BCUT2D eigenvalue weighted by atomic mass is 9.87. The molecule has 0 N–H and O–H groups in total. The molecule has 0 saturated heterocycles. The first kappa shape index (κ1) is 23.3. The number of hydrogen-bond donors (Lipinski definition) is 0. The second-order valence-corrected chi connectivity index (χ2v) is 13.6. The Hall–Kier alpha value is -3.78. The minimum absolute atomic E-state index is 0.258. The highest BCUT2D eigenvalue weighted by atomic mass is 16.3. The quantitative estimate of drug-likeness (QED) is 0.237. The lowest BCUT2D eigenvalue weighted by Crippen LogP contribution is -2.08. The molecular formula is C36H34O2. The number of benzene rings is 5. The van der Waals surface area contributed by atoms with Crippen LogP contribution in [0.15, 0.2) is 81.6 Å². The van der Waals surface area contributed by atoms with E-state index in [2.05, 4.69) is 114 Å². The first-order chi connectivity index (χ1) is 18.0. The molecule has 0 radical (unpaired) electrons. The Balaban J connectivity index is 1.38. The maximum atomic E-state index is 6.44. The smallest absolute Gasteiger partial charge is 0.136 e. The summed E-state index contributed by atoms with van der Waals surface area (Å²) >= 11 is 0. The van der Waals surface area contributed by atoms with Crippen LogP contribution in [0, 0.1) is 10.8 Å². The second kappa shape index (κ2) is 7.86. The van der Waals surface area contributed by atoms with Crippen molar-refractivity contribution < 1.29 is 8.83 Å². The van der Waals surface area contributed by atoms with E-state index in [0.717, 1.165) is 56.7 Å². The molecule has 2 heterocycles. The normalized spacial score (nSPS) is 13.2. The molecule has 2 nitrogen and oxygen atoms in total. The van der Waals surface area contributed by atoms with Crippen LogP contribution in [0.4, 0.5) is 0 Å². The van der Waals surface area contributed by atoms with Crippen molar-refractivity contribution in [1.82, 2.24) is 0 Å². The van der Waals surface area contributed by atoms with Gasteiger partial charge in [0, 0.05) is 21.5 Å². The Morgan fingerprint density at radius 3 is 1.18 bits per heavy atom. The van der Waals surface area contributed by atoms with Crippen LogP contribution in [0.2, 0.25) is 0 Å². The van der Waals surface area contributed by atoms with Gasteiger partial charge in [0.05, 0.1) is 0 Å². The van der Waals surface area contributed by atoms with E-state index in [1.54, 1.807) is 0 Å². The third kappa shape index (κ3) is 4.04. The van der Waals surface area contributed by atoms with Crippen molar-refractivity contribution in [2.45, 2.75) is 54.4 Å². The number of rotatable bonds is 2. The highest BCUT2D eigenvalue weighted by Crippen LogP contribution is 2.39. The van der Waals surface area contributed by atoms with Crippen molar-refractivity contribution in [2.75, 3.05) is 0 Å². The molecule has 0 saturated carbocycles. The largest absolute Gasteiger partial charge is 0.456 e. The molecule has 0 unspecified atom stereocenters. The van der Waals surface area contributed by atoms with Crippen LogP contribution in [-0.2, 0) is 12.8 Å². The predicted octanol–water partition coefficient (Wildman–Crippen LogP) is 11.0. The maximum absolute atomic E-state index is 6.44. The Morgan fingerprint density at radius 2 is 0.789 bits per heavy atom. The van der Waals surface area contributed by atoms with Crippen LogP contribution >= 0.6 is 0 Å². The second-order valence-electron chi connectivity index (χ2n) is 13.6. The van der Waals surface area contributed by atoms with Crippen LogP contribution in [0.1, 0.15) is 52.7 Å². The number of hydrogen-bond acceptors (Lipinski definition) is 2. The lowest BCUT2D eigenvalue weighted by Gasteiger charge is -2.18. The fourth-order valence-corrected chi connectivity index (χ4v) is 6.07. The van der Waals surface area contributed by atoms with Gasteiger partial charge in [-0.15, -0.1) is 0 Å². The monoisotopic (exact) mass is 498 g/mol. The van der Waals surface area contributed by atoms with Crippen LogP contribution in [-0.4, -0.2) is 0 Å². The maximum Gasteiger partial charge on any atom is 0.136 e. The molecule has 0 fully saturated rings. The molecule has 5 aromatic carbocycles. The summed E-state index contributed by atoms with van der Waals surface area (Å²) in [6, 6.07) is 26.9. The molecule has 7 rings (SSSR count). The predicted molar refractivity (Wildman–Crippen MR) is 162 cm³/mol. The van der Waals surface area contributed by atoms with Crippen molar-refractivity contribution in [3.8, 4) is 0 Å². The van der Waals surface area contributed by atoms with Crippen molar-refractivity contribution in [3.05, 3.63) is 83.9 Å². The van der Waals surface area contributed by atoms with E-state index in [-0.39, 0.29) is 10.8 Å². The zero-order valence-corrected chi connectivity index (χ0v) is 23.2. The van der Waals surface area contributed by atoms with E-state index >= 15 is 0 Å². The Labute approximate surface area is 223 Å². The van der Waals surface area contributed by atoms with Gasteiger partial charge >= 0.3 is 0 Å². The van der Waals surface area contributed by atoms with Gasteiger partial charge in [-0.3, -0.25) is 0 Å². The van der Waals surface area contributed by atoms with Gasteiger partial charge < -0.3 is 8.83 Å². The topological polar surface area (TPSA) is 26.3 Å².